The van der Waals surface area contributed by atoms with E-state index in [1.54, 1.807) is 13.8 Å². The minimum absolute atomic E-state index is 0.0990. The summed E-state index contributed by atoms with van der Waals surface area (Å²) in [6.45, 7) is 3.48. The molecular weight excluding hydrogens is 306 g/mol. The number of carbonyl (C=O) groups is 2. The van der Waals surface area contributed by atoms with Crippen LogP contribution in [0.15, 0.2) is 21.2 Å². The molecule has 1 amide bonds. The summed E-state index contributed by atoms with van der Waals surface area (Å²) in [7, 11) is 0. The molecule has 2 heterocycles. The number of rotatable bonds is 7. The smallest absolute Gasteiger partial charge is 0.326 e. The van der Waals surface area contributed by atoms with Gasteiger partial charge in [0.1, 0.15) is 6.04 Å². The van der Waals surface area contributed by atoms with E-state index in [2.05, 4.69) is 15.5 Å². The van der Waals surface area contributed by atoms with Crippen molar-refractivity contribution in [2.45, 2.75) is 32.7 Å². The van der Waals surface area contributed by atoms with Gasteiger partial charge in [0, 0.05) is 23.8 Å². The molecule has 2 N–H and O–H groups in total. The zero-order valence-electron chi connectivity index (χ0n) is 12.3. The number of aromatic nitrogens is 2. The number of aryl methyl sites for hydroxylation is 1. The summed E-state index contributed by atoms with van der Waals surface area (Å²) in [5.41, 5.74) is 0.846. The fourth-order valence-electron chi connectivity index (χ4n) is 1.84. The van der Waals surface area contributed by atoms with E-state index in [1.807, 2.05) is 16.8 Å². The van der Waals surface area contributed by atoms with Crippen LogP contribution >= 0.6 is 11.3 Å². The van der Waals surface area contributed by atoms with Crippen LogP contribution in [0.3, 0.4) is 0 Å². The van der Waals surface area contributed by atoms with Crippen LogP contribution in [0.25, 0.3) is 11.5 Å². The van der Waals surface area contributed by atoms with Crippen molar-refractivity contribution in [1.29, 1.82) is 0 Å². The molecule has 22 heavy (non-hydrogen) atoms. The van der Waals surface area contributed by atoms with Gasteiger partial charge in [-0.05, 0) is 17.4 Å². The monoisotopic (exact) mass is 323 g/mol. The predicted octanol–water partition coefficient (Wildman–Crippen LogP) is 1.96. The van der Waals surface area contributed by atoms with E-state index < -0.39 is 12.0 Å². The normalized spacial score (nSPS) is 12.3. The number of carboxylic acid groups (broad SMARTS) is 1. The molecule has 2 aromatic heterocycles. The number of hydrogen-bond acceptors (Lipinski definition) is 6. The summed E-state index contributed by atoms with van der Waals surface area (Å²) >= 11 is 1.53. The lowest BCUT2D eigenvalue weighted by molar-refractivity contribution is -0.143. The van der Waals surface area contributed by atoms with Crippen molar-refractivity contribution in [1.82, 2.24) is 15.5 Å². The first-order chi connectivity index (χ1) is 10.5. The third-order valence-electron chi connectivity index (χ3n) is 3.05. The molecule has 7 nitrogen and oxygen atoms in total. The molecular formula is C14H17N3O4S. The van der Waals surface area contributed by atoms with Crippen molar-refractivity contribution in [2.75, 3.05) is 0 Å². The number of nitrogens with zero attached hydrogens (tertiary/aromatic N) is 2. The van der Waals surface area contributed by atoms with Gasteiger partial charge in [-0.3, -0.25) is 4.79 Å². The minimum atomic E-state index is -1.04. The number of thiophene rings is 1. The van der Waals surface area contributed by atoms with Crippen LogP contribution in [-0.2, 0) is 16.0 Å². The number of nitrogens with one attached hydrogen (secondary N) is 1. The van der Waals surface area contributed by atoms with Gasteiger partial charge in [-0.2, -0.15) is 11.3 Å². The minimum Gasteiger partial charge on any atom is -0.480 e. The van der Waals surface area contributed by atoms with Gasteiger partial charge in [0.05, 0.1) is 0 Å². The van der Waals surface area contributed by atoms with Crippen LogP contribution in [0.1, 0.15) is 26.2 Å². The molecule has 0 aliphatic heterocycles. The maximum atomic E-state index is 11.8. The van der Waals surface area contributed by atoms with Gasteiger partial charge < -0.3 is 14.8 Å². The van der Waals surface area contributed by atoms with E-state index in [-0.39, 0.29) is 24.7 Å². The summed E-state index contributed by atoms with van der Waals surface area (Å²) in [5, 5.41) is 23.1. The molecule has 0 saturated carbocycles. The Hall–Kier alpha value is -2.22. The first kappa shape index (κ1) is 16.2. The van der Waals surface area contributed by atoms with E-state index in [0.717, 1.165) is 5.56 Å². The molecule has 0 saturated heterocycles. The molecule has 118 valence electrons. The molecule has 0 aromatic carbocycles. The first-order valence-electron chi connectivity index (χ1n) is 6.84. The lowest BCUT2D eigenvalue weighted by Gasteiger charge is -2.17. The second-order valence-electron chi connectivity index (χ2n) is 5.14. The third kappa shape index (κ3) is 4.14. The van der Waals surface area contributed by atoms with Crippen molar-refractivity contribution in [3.8, 4) is 11.5 Å². The van der Waals surface area contributed by atoms with Gasteiger partial charge in [0.25, 0.3) is 0 Å². The second kappa shape index (κ2) is 7.17. The molecule has 0 fully saturated rings. The number of aliphatic carboxylic acids is 1. The molecule has 0 aliphatic carbocycles. The van der Waals surface area contributed by atoms with Crippen LogP contribution in [-0.4, -0.2) is 33.2 Å². The van der Waals surface area contributed by atoms with Crippen LogP contribution in [0.4, 0.5) is 0 Å². The van der Waals surface area contributed by atoms with Crippen molar-refractivity contribution < 1.29 is 19.1 Å². The van der Waals surface area contributed by atoms with Crippen LogP contribution in [0.5, 0.6) is 0 Å². The van der Waals surface area contributed by atoms with Crippen molar-refractivity contribution in [3.63, 3.8) is 0 Å². The molecule has 0 aliphatic rings. The quantitative estimate of drug-likeness (QED) is 0.807. The molecule has 1 atom stereocenters. The highest BCUT2D eigenvalue weighted by atomic mass is 32.1. The number of hydrogen-bond donors (Lipinski definition) is 2. The highest BCUT2D eigenvalue weighted by Crippen LogP contribution is 2.20. The predicted molar refractivity (Wildman–Crippen MR) is 80.3 cm³/mol. The largest absolute Gasteiger partial charge is 0.480 e. The molecule has 8 heteroatoms. The molecule has 0 spiro atoms. The first-order valence-corrected chi connectivity index (χ1v) is 7.78. The van der Waals surface area contributed by atoms with Crippen LogP contribution < -0.4 is 5.32 Å². The third-order valence-corrected chi connectivity index (χ3v) is 3.73. The van der Waals surface area contributed by atoms with Crippen LogP contribution in [0.2, 0.25) is 0 Å². The Bertz CT molecular complexity index is 636. The molecule has 0 radical (unpaired) electrons. The number of amides is 1. The lowest BCUT2D eigenvalue weighted by atomic mass is 10.0. The summed E-state index contributed by atoms with van der Waals surface area (Å²) in [6, 6.07) is 0.978. The highest BCUT2D eigenvalue weighted by Gasteiger charge is 2.23. The Morgan fingerprint density at radius 3 is 2.77 bits per heavy atom. The zero-order valence-corrected chi connectivity index (χ0v) is 13.1. The fourth-order valence-corrected chi connectivity index (χ4v) is 2.47. The van der Waals surface area contributed by atoms with Gasteiger partial charge in [0.15, 0.2) is 0 Å². The van der Waals surface area contributed by atoms with Gasteiger partial charge >= 0.3 is 5.97 Å². The van der Waals surface area contributed by atoms with Gasteiger partial charge in [-0.15, -0.1) is 10.2 Å². The Labute approximate surface area is 131 Å². The standard InChI is InChI=1S/C14H17N3O4S/c1-8(2)12(14(19)20)15-10(18)3-4-11-16-17-13(21-11)9-5-6-22-7-9/h5-8,12H,3-4H2,1-2H3,(H,15,18)(H,19,20)/t12-/m1/s1. The molecule has 0 unspecified atom stereocenters. The molecule has 2 aromatic rings. The maximum Gasteiger partial charge on any atom is 0.326 e. The van der Waals surface area contributed by atoms with Gasteiger partial charge in [-0.1, -0.05) is 13.8 Å². The molecule has 0 bridgehead atoms. The maximum absolute atomic E-state index is 11.8. The number of carboxylic acids is 1. The topological polar surface area (TPSA) is 105 Å². The zero-order chi connectivity index (χ0) is 16.1. The summed E-state index contributed by atoms with van der Waals surface area (Å²) in [5.74, 6) is -0.803. The fraction of sp³-hybridized carbons (Fsp3) is 0.429. The van der Waals surface area contributed by atoms with Crippen molar-refractivity contribution in [3.05, 3.63) is 22.7 Å². The van der Waals surface area contributed by atoms with E-state index >= 15 is 0 Å². The van der Waals surface area contributed by atoms with E-state index in [4.69, 9.17) is 9.52 Å². The van der Waals surface area contributed by atoms with Crippen molar-refractivity contribution in [2.24, 2.45) is 5.92 Å². The Morgan fingerprint density at radius 2 is 2.18 bits per heavy atom. The van der Waals surface area contributed by atoms with E-state index in [1.165, 1.54) is 11.3 Å². The van der Waals surface area contributed by atoms with Gasteiger partial charge in [0.2, 0.25) is 17.7 Å². The van der Waals surface area contributed by atoms with Crippen LogP contribution in [0, 0.1) is 5.92 Å². The second-order valence-corrected chi connectivity index (χ2v) is 5.92. The van der Waals surface area contributed by atoms with Crippen molar-refractivity contribution >= 4 is 23.2 Å². The van der Waals surface area contributed by atoms with E-state index in [9.17, 15) is 9.59 Å². The Kier molecular flexibility index (Phi) is 5.26. The summed E-state index contributed by atoms with van der Waals surface area (Å²) in [6.07, 6.45) is 0.370. The Morgan fingerprint density at radius 1 is 1.41 bits per heavy atom. The summed E-state index contributed by atoms with van der Waals surface area (Å²) in [4.78, 5) is 22.8. The number of carbonyl (C=O) groups excluding carboxylic acids is 1. The summed E-state index contributed by atoms with van der Waals surface area (Å²) < 4.78 is 5.47. The van der Waals surface area contributed by atoms with Gasteiger partial charge in [-0.25, -0.2) is 4.79 Å². The molecule has 2 rings (SSSR count). The average Bonchev–Trinajstić information content (AvgIpc) is 3.12. The average molecular weight is 323 g/mol. The lowest BCUT2D eigenvalue weighted by Crippen LogP contribution is -2.44. The Balaban J connectivity index is 1.87. The SMILES string of the molecule is CC(C)[C@@H](NC(=O)CCc1nnc(-c2ccsc2)o1)C(=O)O. The highest BCUT2D eigenvalue weighted by molar-refractivity contribution is 7.08. The van der Waals surface area contributed by atoms with E-state index in [0.29, 0.717) is 11.8 Å².